The summed E-state index contributed by atoms with van der Waals surface area (Å²) in [6.07, 6.45) is 0. The van der Waals surface area contributed by atoms with Crippen LogP contribution in [-0.4, -0.2) is 6.61 Å². The van der Waals surface area contributed by atoms with E-state index in [-0.39, 0.29) is 24.0 Å². The van der Waals surface area contributed by atoms with Gasteiger partial charge in [0.05, 0.1) is 23.1 Å². The number of nitrogens with one attached hydrogen (secondary N) is 1. The molecule has 0 aliphatic rings. The van der Waals surface area contributed by atoms with Gasteiger partial charge in [-0.25, -0.2) is 0 Å². The lowest BCUT2D eigenvalue weighted by Crippen LogP contribution is -3.00. The zero-order valence-corrected chi connectivity index (χ0v) is 18.4. The number of para-hydroxylation sites is 4. The molecule has 1 N–H and O–H groups in total. The molecule has 0 saturated carbocycles. The van der Waals surface area contributed by atoms with Gasteiger partial charge in [-0.2, -0.15) is 4.57 Å². The number of aromatic nitrogens is 1. The summed E-state index contributed by atoms with van der Waals surface area (Å²) in [7, 11) is 2.09. The van der Waals surface area contributed by atoms with Crippen LogP contribution < -0.4 is 38.6 Å². The van der Waals surface area contributed by atoms with Gasteiger partial charge in [0, 0.05) is 6.07 Å². The summed E-state index contributed by atoms with van der Waals surface area (Å²) < 4.78 is 14.3. The van der Waals surface area contributed by atoms with E-state index in [1.54, 1.807) is 0 Å². The highest BCUT2D eigenvalue weighted by Crippen LogP contribution is 2.38. The van der Waals surface area contributed by atoms with Gasteiger partial charge in [0.1, 0.15) is 24.1 Å². The van der Waals surface area contributed by atoms with Crippen molar-refractivity contribution >= 4 is 44.3 Å². The molecule has 0 fully saturated rings. The fourth-order valence-electron chi connectivity index (χ4n) is 3.86. The van der Waals surface area contributed by atoms with E-state index >= 15 is 0 Å². The molecule has 0 unspecified atom stereocenters. The van der Waals surface area contributed by atoms with Gasteiger partial charge in [0.2, 0.25) is 11.1 Å². The molecule has 29 heavy (non-hydrogen) atoms. The van der Waals surface area contributed by atoms with E-state index < -0.39 is 0 Å². The first-order chi connectivity index (χ1) is 13.8. The van der Waals surface area contributed by atoms with E-state index in [2.05, 4.69) is 47.3 Å². The molecule has 0 amide bonds. The molecule has 0 saturated heterocycles. The molecule has 0 atom stereocenters. The molecule has 5 heteroatoms. The quantitative estimate of drug-likeness (QED) is 0.307. The maximum Gasteiger partial charge on any atom is 0.261 e. The van der Waals surface area contributed by atoms with Gasteiger partial charge in [-0.1, -0.05) is 36.4 Å². The molecule has 4 nitrogen and oxygen atoms in total. The smallest absolute Gasteiger partial charge is 0.261 e. The molecule has 3 aromatic carbocycles. The predicted octanol–water partition coefficient (Wildman–Crippen LogP) is 2.71. The molecule has 0 spiro atoms. The van der Waals surface area contributed by atoms with Crippen molar-refractivity contribution in [2.24, 2.45) is 7.05 Å². The van der Waals surface area contributed by atoms with Gasteiger partial charge < -0.3 is 38.4 Å². The van der Waals surface area contributed by atoms with Crippen LogP contribution in [0.4, 0.5) is 11.4 Å². The van der Waals surface area contributed by atoms with Crippen molar-refractivity contribution in [1.82, 2.24) is 0 Å². The second-order valence-electron chi connectivity index (χ2n) is 6.78. The van der Waals surface area contributed by atoms with Crippen molar-refractivity contribution in [2.75, 3.05) is 11.9 Å². The molecular formula is C24H21IN2O2. The highest BCUT2D eigenvalue weighted by Gasteiger charge is 2.24. The number of furan rings is 1. The van der Waals surface area contributed by atoms with Crippen molar-refractivity contribution in [1.29, 1.82) is 0 Å². The average Bonchev–Trinajstić information content (AvgIpc) is 3.12. The standard InChI is InChI=1S/C24H20N2O2.HI/c1-3-27-21-15-9-6-12-18(21)25-22-16-10-4-7-13-19(16)26(2)23-17-11-5-8-14-20(17)28-24(22)23;/h4-15H,3H2,1-2H3;1H. The first kappa shape index (κ1) is 19.5. The number of hydrogen-bond acceptors (Lipinski definition) is 3. The van der Waals surface area contributed by atoms with Crippen molar-refractivity contribution in [3.63, 3.8) is 0 Å². The van der Waals surface area contributed by atoms with Crippen LogP contribution in [0.3, 0.4) is 0 Å². The topological polar surface area (TPSA) is 38.3 Å². The van der Waals surface area contributed by atoms with Crippen LogP contribution in [0.2, 0.25) is 0 Å². The summed E-state index contributed by atoms with van der Waals surface area (Å²) in [6, 6.07) is 24.5. The Bertz CT molecular complexity index is 1330. The lowest BCUT2D eigenvalue weighted by atomic mass is 10.1. The minimum atomic E-state index is 0. The average molecular weight is 496 g/mol. The van der Waals surface area contributed by atoms with Gasteiger partial charge >= 0.3 is 0 Å². The van der Waals surface area contributed by atoms with Gasteiger partial charge in [-0.15, -0.1) is 0 Å². The lowest BCUT2D eigenvalue weighted by Gasteiger charge is -2.13. The maximum atomic E-state index is 6.32. The summed E-state index contributed by atoms with van der Waals surface area (Å²) in [5, 5.41) is 5.80. The number of ether oxygens (including phenoxy) is 1. The van der Waals surface area contributed by atoms with Crippen LogP contribution >= 0.6 is 0 Å². The number of anilines is 2. The molecule has 5 aromatic rings. The van der Waals surface area contributed by atoms with Gasteiger partial charge in [0.15, 0.2) is 0 Å². The number of benzene rings is 3. The number of nitrogens with zero attached hydrogens (tertiary/aromatic N) is 1. The molecule has 146 valence electrons. The number of pyridine rings is 1. The molecule has 2 aromatic heterocycles. The Morgan fingerprint density at radius 3 is 2.41 bits per heavy atom. The first-order valence-corrected chi connectivity index (χ1v) is 9.48. The summed E-state index contributed by atoms with van der Waals surface area (Å²) in [4.78, 5) is 0. The SMILES string of the molecule is CCOc1ccccc1Nc1c2ccccc2[n+](C)c2c1oc1ccccc12.[I-]. The zero-order chi connectivity index (χ0) is 19.1. The third-order valence-electron chi connectivity index (χ3n) is 5.11. The van der Waals surface area contributed by atoms with Crippen LogP contribution in [-0.2, 0) is 7.05 Å². The Morgan fingerprint density at radius 2 is 1.59 bits per heavy atom. The van der Waals surface area contributed by atoms with Crippen molar-refractivity contribution < 1.29 is 37.7 Å². The number of aryl methyl sites for hydroxylation is 1. The van der Waals surface area contributed by atoms with E-state index in [0.717, 1.165) is 50.1 Å². The summed E-state index contributed by atoms with van der Waals surface area (Å²) >= 11 is 0. The highest BCUT2D eigenvalue weighted by molar-refractivity contribution is 6.12. The Balaban J connectivity index is 0.00000205. The van der Waals surface area contributed by atoms with Crippen LogP contribution in [0.5, 0.6) is 5.75 Å². The van der Waals surface area contributed by atoms with Crippen molar-refractivity contribution in [3.05, 3.63) is 72.8 Å². The molecule has 0 radical (unpaired) electrons. The first-order valence-electron chi connectivity index (χ1n) is 9.48. The number of rotatable bonds is 4. The monoisotopic (exact) mass is 496 g/mol. The number of hydrogen-bond donors (Lipinski definition) is 1. The third kappa shape index (κ3) is 3.19. The molecule has 0 bridgehead atoms. The van der Waals surface area contributed by atoms with E-state index in [4.69, 9.17) is 9.15 Å². The van der Waals surface area contributed by atoms with E-state index in [9.17, 15) is 0 Å². The third-order valence-corrected chi connectivity index (χ3v) is 5.11. The number of fused-ring (bicyclic) bond motifs is 4. The Morgan fingerprint density at radius 1 is 0.897 bits per heavy atom. The summed E-state index contributed by atoms with van der Waals surface area (Å²) in [5.74, 6) is 0.826. The molecular weight excluding hydrogens is 475 g/mol. The fourth-order valence-corrected chi connectivity index (χ4v) is 3.86. The summed E-state index contributed by atoms with van der Waals surface area (Å²) in [5.41, 5.74) is 5.80. The van der Waals surface area contributed by atoms with Crippen LogP contribution in [0.1, 0.15) is 6.92 Å². The molecule has 0 aliphatic carbocycles. The fraction of sp³-hybridized carbons (Fsp3) is 0.125. The second-order valence-corrected chi connectivity index (χ2v) is 6.78. The van der Waals surface area contributed by atoms with Crippen molar-refractivity contribution in [2.45, 2.75) is 6.92 Å². The summed E-state index contributed by atoms with van der Waals surface area (Å²) in [6.45, 7) is 2.61. The molecule has 5 rings (SSSR count). The maximum absolute atomic E-state index is 6.32. The van der Waals surface area contributed by atoms with Crippen molar-refractivity contribution in [3.8, 4) is 5.75 Å². The zero-order valence-electron chi connectivity index (χ0n) is 16.3. The van der Waals surface area contributed by atoms with Crippen LogP contribution in [0.15, 0.2) is 77.2 Å². The Kier molecular flexibility index (Phi) is 5.32. The van der Waals surface area contributed by atoms with E-state index in [0.29, 0.717) is 6.61 Å². The molecule has 0 aliphatic heterocycles. The van der Waals surface area contributed by atoms with Gasteiger partial charge in [0.25, 0.3) is 5.52 Å². The number of halogens is 1. The minimum absolute atomic E-state index is 0. The van der Waals surface area contributed by atoms with Crippen LogP contribution in [0, 0.1) is 0 Å². The largest absolute Gasteiger partial charge is 1.00 e. The lowest BCUT2D eigenvalue weighted by molar-refractivity contribution is -0.616. The molecule has 2 heterocycles. The Labute approximate surface area is 186 Å². The normalized spacial score (nSPS) is 11.0. The predicted molar refractivity (Wildman–Crippen MR) is 113 cm³/mol. The minimum Gasteiger partial charge on any atom is -1.00 e. The van der Waals surface area contributed by atoms with E-state index in [1.807, 2.05) is 49.4 Å². The van der Waals surface area contributed by atoms with E-state index in [1.165, 1.54) is 0 Å². The van der Waals surface area contributed by atoms with Crippen LogP contribution in [0.25, 0.3) is 33.0 Å². The highest BCUT2D eigenvalue weighted by atomic mass is 127. The van der Waals surface area contributed by atoms with Gasteiger partial charge in [-0.3, -0.25) is 0 Å². The van der Waals surface area contributed by atoms with Gasteiger partial charge in [-0.05, 0) is 37.3 Å². The Hall–Kier alpha value is -2.80. The second kappa shape index (κ2) is 7.91.